The molecular formula is C15H22N2O3. The second kappa shape index (κ2) is 6.13. The van der Waals surface area contributed by atoms with Gasteiger partial charge in [0.05, 0.1) is 18.8 Å². The van der Waals surface area contributed by atoms with Crippen molar-refractivity contribution in [1.82, 2.24) is 0 Å². The Hall–Kier alpha value is -1.75. The van der Waals surface area contributed by atoms with Gasteiger partial charge in [-0.2, -0.15) is 0 Å². The van der Waals surface area contributed by atoms with E-state index in [1.807, 2.05) is 13.0 Å². The van der Waals surface area contributed by atoms with Crippen LogP contribution in [0.5, 0.6) is 0 Å². The van der Waals surface area contributed by atoms with Gasteiger partial charge < -0.3 is 20.9 Å². The van der Waals surface area contributed by atoms with Crippen LogP contribution in [-0.4, -0.2) is 30.8 Å². The highest BCUT2D eigenvalue weighted by Gasteiger charge is 2.24. The Kier molecular flexibility index (Phi) is 4.49. The number of ether oxygens (including phenoxy) is 1. The van der Waals surface area contributed by atoms with Crippen molar-refractivity contribution in [3.8, 4) is 0 Å². The molecule has 0 amide bonds. The van der Waals surface area contributed by atoms with Crippen LogP contribution >= 0.6 is 0 Å². The summed E-state index contributed by atoms with van der Waals surface area (Å²) in [6.45, 7) is 2.56. The van der Waals surface area contributed by atoms with Crippen molar-refractivity contribution in [1.29, 1.82) is 0 Å². The second-order valence-corrected chi connectivity index (χ2v) is 5.39. The molecule has 4 N–H and O–H groups in total. The first kappa shape index (κ1) is 14.7. The van der Waals surface area contributed by atoms with E-state index in [0.717, 1.165) is 30.5 Å². The molecule has 2 unspecified atom stereocenters. The van der Waals surface area contributed by atoms with Gasteiger partial charge in [0.2, 0.25) is 0 Å². The lowest BCUT2D eigenvalue weighted by Gasteiger charge is -2.17. The van der Waals surface area contributed by atoms with Crippen molar-refractivity contribution in [3.05, 3.63) is 23.3 Å². The van der Waals surface area contributed by atoms with Gasteiger partial charge in [-0.25, -0.2) is 4.79 Å². The van der Waals surface area contributed by atoms with Crippen molar-refractivity contribution in [2.75, 3.05) is 24.7 Å². The standard InChI is InChI=1S/C15H22N2O3/c1-9-6-11(7-12(14(9)16)15(19)20-2)17-8-10-4-3-5-13(10)18/h6-7,10,13,17-18H,3-5,8,16H2,1-2H3. The van der Waals surface area contributed by atoms with Crippen LogP contribution in [0.4, 0.5) is 11.4 Å². The summed E-state index contributed by atoms with van der Waals surface area (Å²) in [6, 6.07) is 3.61. The van der Waals surface area contributed by atoms with Gasteiger partial charge in [-0.15, -0.1) is 0 Å². The Bertz CT molecular complexity index is 502. The van der Waals surface area contributed by atoms with E-state index in [-0.39, 0.29) is 12.0 Å². The molecule has 0 bridgehead atoms. The normalized spacial score (nSPS) is 21.8. The monoisotopic (exact) mass is 278 g/mol. The van der Waals surface area contributed by atoms with Crippen LogP contribution in [0.3, 0.4) is 0 Å². The lowest BCUT2D eigenvalue weighted by Crippen LogP contribution is -2.22. The topological polar surface area (TPSA) is 84.6 Å². The molecule has 1 fully saturated rings. The average Bonchev–Trinajstić information content (AvgIpc) is 2.84. The molecule has 110 valence electrons. The number of esters is 1. The molecule has 0 saturated heterocycles. The molecule has 5 heteroatoms. The summed E-state index contributed by atoms with van der Waals surface area (Å²) in [5.41, 5.74) is 8.39. The number of anilines is 2. The predicted octanol–water partition coefficient (Wildman–Crippen LogP) is 1.94. The number of hydrogen-bond acceptors (Lipinski definition) is 5. The smallest absolute Gasteiger partial charge is 0.340 e. The molecule has 0 radical (unpaired) electrons. The van der Waals surface area contributed by atoms with E-state index in [0.29, 0.717) is 17.8 Å². The van der Waals surface area contributed by atoms with E-state index < -0.39 is 5.97 Å². The van der Waals surface area contributed by atoms with E-state index in [4.69, 9.17) is 10.5 Å². The van der Waals surface area contributed by atoms with Crippen molar-refractivity contribution in [2.45, 2.75) is 32.3 Å². The molecule has 0 spiro atoms. The van der Waals surface area contributed by atoms with E-state index in [2.05, 4.69) is 5.32 Å². The number of rotatable bonds is 4. The molecule has 20 heavy (non-hydrogen) atoms. The minimum absolute atomic E-state index is 0.225. The number of benzene rings is 1. The first-order valence-corrected chi connectivity index (χ1v) is 6.93. The van der Waals surface area contributed by atoms with Crippen molar-refractivity contribution < 1.29 is 14.6 Å². The first-order valence-electron chi connectivity index (χ1n) is 6.93. The third-order valence-corrected chi connectivity index (χ3v) is 3.98. The molecule has 0 heterocycles. The SMILES string of the molecule is COC(=O)c1cc(NCC2CCCC2O)cc(C)c1N. The van der Waals surface area contributed by atoms with Crippen LogP contribution in [-0.2, 0) is 4.74 Å². The van der Waals surface area contributed by atoms with Crippen LogP contribution in [0.1, 0.15) is 35.2 Å². The van der Waals surface area contributed by atoms with Crippen LogP contribution < -0.4 is 11.1 Å². The lowest BCUT2D eigenvalue weighted by molar-refractivity contribution is 0.0602. The molecular weight excluding hydrogens is 256 g/mol. The van der Waals surface area contributed by atoms with E-state index in [1.54, 1.807) is 6.07 Å². The highest BCUT2D eigenvalue weighted by atomic mass is 16.5. The minimum Gasteiger partial charge on any atom is -0.465 e. The number of aliphatic hydroxyl groups excluding tert-OH is 1. The molecule has 1 saturated carbocycles. The fourth-order valence-corrected chi connectivity index (χ4v) is 2.68. The number of nitrogen functional groups attached to an aromatic ring is 1. The molecule has 2 atom stereocenters. The van der Waals surface area contributed by atoms with Gasteiger partial charge in [-0.1, -0.05) is 6.42 Å². The number of hydrogen-bond donors (Lipinski definition) is 3. The van der Waals surface area contributed by atoms with Gasteiger partial charge >= 0.3 is 5.97 Å². The van der Waals surface area contributed by atoms with Gasteiger partial charge in [0.25, 0.3) is 0 Å². The highest BCUT2D eigenvalue weighted by Crippen LogP contribution is 2.27. The number of carbonyl (C=O) groups excluding carboxylic acids is 1. The highest BCUT2D eigenvalue weighted by molar-refractivity contribution is 5.97. The fourth-order valence-electron chi connectivity index (χ4n) is 2.68. The Morgan fingerprint density at radius 1 is 1.50 bits per heavy atom. The zero-order chi connectivity index (χ0) is 14.7. The zero-order valence-corrected chi connectivity index (χ0v) is 12.0. The third-order valence-electron chi connectivity index (χ3n) is 3.98. The summed E-state index contributed by atoms with van der Waals surface area (Å²) in [6.07, 6.45) is 2.76. The summed E-state index contributed by atoms with van der Waals surface area (Å²) in [4.78, 5) is 11.7. The molecule has 1 aliphatic rings. The molecule has 1 aromatic carbocycles. The van der Waals surface area contributed by atoms with Gasteiger partial charge in [-0.05, 0) is 37.5 Å². The second-order valence-electron chi connectivity index (χ2n) is 5.39. The van der Waals surface area contributed by atoms with E-state index >= 15 is 0 Å². The largest absolute Gasteiger partial charge is 0.465 e. The van der Waals surface area contributed by atoms with Crippen LogP contribution in [0, 0.1) is 12.8 Å². The summed E-state index contributed by atoms with van der Waals surface area (Å²) in [5.74, 6) is -0.162. The first-order chi connectivity index (χ1) is 9.52. The third kappa shape index (κ3) is 3.04. The van der Waals surface area contributed by atoms with Gasteiger partial charge in [-0.3, -0.25) is 0 Å². The maximum absolute atomic E-state index is 11.7. The molecule has 0 aliphatic heterocycles. The number of nitrogens with two attached hydrogens (primary N) is 1. The maximum Gasteiger partial charge on any atom is 0.340 e. The Morgan fingerprint density at radius 3 is 2.85 bits per heavy atom. The Morgan fingerprint density at radius 2 is 2.25 bits per heavy atom. The van der Waals surface area contributed by atoms with Gasteiger partial charge in [0.15, 0.2) is 0 Å². The number of carbonyl (C=O) groups is 1. The van der Waals surface area contributed by atoms with Crippen molar-refractivity contribution >= 4 is 17.3 Å². The quantitative estimate of drug-likeness (QED) is 0.579. The van der Waals surface area contributed by atoms with E-state index in [9.17, 15) is 9.90 Å². The number of aryl methyl sites for hydroxylation is 1. The molecule has 2 rings (SSSR count). The van der Waals surface area contributed by atoms with E-state index in [1.165, 1.54) is 7.11 Å². The molecule has 0 aromatic heterocycles. The Balaban J connectivity index is 2.12. The maximum atomic E-state index is 11.7. The minimum atomic E-state index is -0.435. The number of methoxy groups -OCH3 is 1. The lowest BCUT2D eigenvalue weighted by atomic mass is 10.0. The van der Waals surface area contributed by atoms with Gasteiger partial charge in [0.1, 0.15) is 0 Å². The van der Waals surface area contributed by atoms with Crippen molar-refractivity contribution in [2.24, 2.45) is 5.92 Å². The van der Waals surface area contributed by atoms with Crippen LogP contribution in [0.25, 0.3) is 0 Å². The predicted molar refractivity (Wildman–Crippen MR) is 78.8 cm³/mol. The summed E-state index contributed by atoms with van der Waals surface area (Å²) in [7, 11) is 1.34. The van der Waals surface area contributed by atoms with Crippen molar-refractivity contribution in [3.63, 3.8) is 0 Å². The Labute approximate surface area is 119 Å². The fraction of sp³-hybridized carbons (Fsp3) is 0.533. The zero-order valence-electron chi connectivity index (χ0n) is 12.0. The average molecular weight is 278 g/mol. The molecule has 1 aliphatic carbocycles. The van der Waals surface area contributed by atoms with Crippen LogP contribution in [0.2, 0.25) is 0 Å². The van der Waals surface area contributed by atoms with Gasteiger partial charge in [0, 0.05) is 23.8 Å². The number of aliphatic hydroxyl groups is 1. The molecule has 5 nitrogen and oxygen atoms in total. The number of nitrogens with one attached hydrogen (secondary N) is 1. The van der Waals surface area contributed by atoms with Crippen LogP contribution in [0.15, 0.2) is 12.1 Å². The molecule has 1 aromatic rings. The summed E-state index contributed by atoms with van der Waals surface area (Å²) < 4.78 is 4.74. The summed E-state index contributed by atoms with van der Waals surface area (Å²) in [5, 5.41) is 13.1. The summed E-state index contributed by atoms with van der Waals surface area (Å²) >= 11 is 0.